The molecule has 1 aromatic rings. The van der Waals surface area contributed by atoms with E-state index in [0.29, 0.717) is 25.3 Å². The highest BCUT2D eigenvalue weighted by molar-refractivity contribution is 7.98. The molecule has 198 valence electrons. The summed E-state index contributed by atoms with van der Waals surface area (Å²) >= 11 is 1.60. The predicted molar refractivity (Wildman–Crippen MR) is 145 cm³/mol. The van der Waals surface area contributed by atoms with Gasteiger partial charge in [-0.3, -0.25) is 9.59 Å². The number of aryl methyl sites for hydroxylation is 1. The van der Waals surface area contributed by atoms with E-state index in [1.54, 1.807) is 37.4 Å². The van der Waals surface area contributed by atoms with Gasteiger partial charge in [-0.05, 0) is 64.5 Å². The first-order valence-electron chi connectivity index (χ1n) is 12.7. The zero-order chi connectivity index (χ0) is 26.4. The quantitative estimate of drug-likeness (QED) is 0.337. The average Bonchev–Trinajstić information content (AvgIpc) is 2.77. The van der Waals surface area contributed by atoms with E-state index in [1.807, 2.05) is 37.4 Å². The molecule has 2 atom stereocenters. The lowest BCUT2D eigenvalue weighted by Crippen LogP contribution is -2.53. The molecule has 8 heteroatoms. The molecule has 2 unspecified atom stereocenters. The first-order valence-corrected chi connectivity index (χ1v) is 14.1. The topological polar surface area (TPSA) is 87.7 Å². The van der Waals surface area contributed by atoms with Gasteiger partial charge in [0.2, 0.25) is 11.8 Å². The van der Waals surface area contributed by atoms with Gasteiger partial charge in [-0.2, -0.15) is 11.8 Å². The predicted octanol–water partition coefficient (Wildman–Crippen LogP) is 5.23. The minimum atomic E-state index is -0.787. The van der Waals surface area contributed by atoms with Gasteiger partial charge in [0.1, 0.15) is 17.7 Å². The highest BCUT2D eigenvalue weighted by Gasteiger charge is 2.35. The number of carbonyl (C=O) groups is 3. The Morgan fingerprint density at radius 1 is 1.11 bits per heavy atom. The van der Waals surface area contributed by atoms with Crippen LogP contribution < -0.4 is 10.6 Å². The van der Waals surface area contributed by atoms with E-state index in [2.05, 4.69) is 24.5 Å². The molecule has 0 aliphatic rings. The van der Waals surface area contributed by atoms with Crippen LogP contribution in [0.5, 0.6) is 0 Å². The van der Waals surface area contributed by atoms with Crippen molar-refractivity contribution in [3.63, 3.8) is 0 Å². The summed E-state index contributed by atoms with van der Waals surface area (Å²) in [6.45, 7) is 12.4. The summed E-state index contributed by atoms with van der Waals surface area (Å²) in [6, 6.07) is 6.16. The molecule has 1 rings (SSSR count). The van der Waals surface area contributed by atoms with Crippen molar-refractivity contribution >= 4 is 29.7 Å². The van der Waals surface area contributed by atoms with Gasteiger partial charge in [-0.15, -0.1) is 0 Å². The summed E-state index contributed by atoms with van der Waals surface area (Å²) in [7, 11) is 0. The van der Waals surface area contributed by atoms with Crippen LogP contribution in [0.1, 0.15) is 83.9 Å². The average molecular weight is 508 g/mol. The van der Waals surface area contributed by atoms with E-state index < -0.39 is 23.8 Å². The Balaban J connectivity index is 3.38. The molecule has 0 bridgehead atoms. The van der Waals surface area contributed by atoms with Crippen LogP contribution in [0.3, 0.4) is 0 Å². The number of benzene rings is 1. The van der Waals surface area contributed by atoms with Crippen molar-refractivity contribution in [3.8, 4) is 0 Å². The molecular formula is C27H45N3O4S. The number of thioether (sulfide) groups is 1. The SMILES string of the molecule is CCCCNC(=O)C(c1cccc(C)c1)N(CCCC)C(=O)C(CCSC)NC(=O)OC(C)(C)C. The number of unbranched alkanes of at least 4 members (excludes halogenated alkanes) is 2. The normalized spacial score (nSPS) is 13.0. The molecule has 7 nitrogen and oxygen atoms in total. The van der Waals surface area contributed by atoms with Crippen molar-refractivity contribution in [2.75, 3.05) is 25.1 Å². The Kier molecular flexibility index (Phi) is 13.8. The van der Waals surface area contributed by atoms with Gasteiger partial charge in [0.25, 0.3) is 0 Å². The number of alkyl carbamates (subject to hydrolysis) is 1. The van der Waals surface area contributed by atoms with E-state index in [0.717, 1.165) is 36.8 Å². The molecule has 0 heterocycles. The van der Waals surface area contributed by atoms with Gasteiger partial charge >= 0.3 is 6.09 Å². The third-order valence-electron chi connectivity index (χ3n) is 5.38. The van der Waals surface area contributed by atoms with Crippen LogP contribution in [-0.2, 0) is 14.3 Å². The van der Waals surface area contributed by atoms with Crippen molar-refractivity contribution in [1.82, 2.24) is 15.5 Å². The second-order valence-electron chi connectivity index (χ2n) is 9.83. The highest BCUT2D eigenvalue weighted by Crippen LogP contribution is 2.25. The molecule has 2 N–H and O–H groups in total. The molecule has 0 spiro atoms. The lowest BCUT2D eigenvalue weighted by atomic mass is 10.00. The summed E-state index contributed by atoms with van der Waals surface area (Å²) in [5.41, 5.74) is 1.11. The first kappa shape index (κ1) is 30.8. The fourth-order valence-corrected chi connectivity index (χ4v) is 4.11. The fourth-order valence-electron chi connectivity index (χ4n) is 3.64. The van der Waals surface area contributed by atoms with Crippen molar-refractivity contribution in [1.29, 1.82) is 0 Å². The molecule has 0 saturated heterocycles. The molecule has 0 fully saturated rings. The molecule has 0 radical (unpaired) electrons. The highest BCUT2D eigenvalue weighted by atomic mass is 32.2. The van der Waals surface area contributed by atoms with Crippen molar-refractivity contribution in [2.24, 2.45) is 0 Å². The van der Waals surface area contributed by atoms with Gasteiger partial charge in [-0.1, -0.05) is 56.5 Å². The molecule has 35 heavy (non-hydrogen) atoms. The molecule has 1 aromatic carbocycles. The Morgan fingerprint density at radius 3 is 2.37 bits per heavy atom. The monoisotopic (exact) mass is 507 g/mol. The number of nitrogens with zero attached hydrogens (tertiary/aromatic N) is 1. The number of ether oxygens (including phenoxy) is 1. The van der Waals surface area contributed by atoms with Crippen LogP contribution in [0.15, 0.2) is 24.3 Å². The summed E-state index contributed by atoms with van der Waals surface area (Å²) in [4.78, 5) is 41.6. The lowest BCUT2D eigenvalue weighted by Gasteiger charge is -2.34. The molecular weight excluding hydrogens is 462 g/mol. The minimum absolute atomic E-state index is 0.200. The van der Waals surface area contributed by atoms with Crippen LogP contribution in [0.25, 0.3) is 0 Å². The molecule has 0 aliphatic heterocycles. The second kappa shape index (κ2) is 15.7. The third kappa shape index (κ3) is 11.4. The van der Waals surface area contributed by atoms with Gasteiger partial charge in [0.05, 0.1) is 0 Å². The maximum Gasteiger partial charge on any atom is 0.408 e. The van der Waals surface area contributed by atoms with Crippen molar-refractivity contribution in [2.45, 2.75) is 91.3 Å². The summed E-state index contributed by atoms with van der Waals surface area (Å²) in [5, 5.41) is 5.79. The zero-order valence-electron chi connectivity index (χ0n) is 22.6. The molecule has 3 amide bonds. The van der Waals surface area contributed by atoms with Crippen LogP contribution in [0.4, 0.5) is 4.79 Å². The van der Waals surface area contributed by atoms with Gasteiger partial charge in [0, 0.05) is 13.1 Å². The van der Waals surface area contributed by atoms with Crippen molar-refractivity contribution in [3.05, 3.63) is 35.4 Å². The maximum absolute atomic E-state index is 14.0. The second-order valence-corrected chi connectivity index (χ2v) is 10.8. The van der Waals surface area contributed by atoms with Crippen LogP contribution in [0, 0.1) is 6.92 Å². The number of hydrogen-bond donors (Lipinski definition) is 2. The van der Waals surface area contributed by atoms with E-state index in [1.165, 1.54) is 0 Å². The maximum atomic E-state index is 14.0. The summed E-state index contributed by atoms with van der Waals surface area (Å²) in [5.74, 6) is 0.218. The number of nitrogens with one attached hydrogen (secondary N) is 2. The zero-order valence-corrected chi connectivity index (χ0v) is 23.4. The Bertz CT molecular complexity index is 810. The van der Waals surface area contributed by atoms with Gasteiger partial charge < -0.3 is 20.3 Å². The number of amides is 3. The van der Waals surface area contributed by atoms with Crippen molar-refractivity contribution < 1.29 is 19.1 Å². The fraction of sp³-hybridized carbons (Fsp3) is 0.667. The van der Waals surface area contributed by atoms with Crippen LogP contribution >= 0.6 is 11.8 Å². The largest absolute Gasteiger partial charge is 0.444 e. The molecule has 0 saturated carbocycles. The smallest absolute Gasteiger partial charge is 0.408 e. The Hall–Kier alpha value is -2.22. The van der Waals surface area contributed by atoms with Gasteiger partial charge in [0.15, 0.2) is 0 Å². The number of carbonyl (C=O) groups excluding carboxylic acids is 3. The summed E-state index contributed by atoms with van der Waals surface area (Å²) in [6.07, 6.45) is 5.22. The first-order chi connectivity index (χ1) is 16.5. The lowest BCUT2D eigenvalue weighted by molar-refractivity contribution is -0.142. The number of rotatable bonds is 14. The molecule has 0 aliphatic carbocycles. The Labute approximate surface area is 216 Å². The minimum Gasteiger partial charge on any atom is -0.444 e. The van der Waals surface area contributed by atoms with Crippen LogP contribution in [0.2, 0.25) is 0 Å². The van der Waals surface area contributed by atoms with Gasteiger partial charge in [-0.25, -0.2) is 4.79 Å². The number of hydrogen-bond acceptors (Lipinski definition) is 5. The summed E-state index contributed by atoms with van der Waals surface area (Å²) < 4.78 is 5.43. The van der Waals surface area contributed by atoms with E-state index in [9.17, 15) is 14.4 Å². The van der Waals surface area contributed by atoms with E-state index in [-0.39, 0.29) is 11.8 Å². The third-order valence-corrected chi connectivity index (χ3v) is 6.03. The van der Waals surface area contributed by atoms with Crippen LogP contribution in [-0.4, -0.2) is 59.5 Å². The van der Waals surface area contributed by atoms with E-state index >= 15 is 0 Å². The molecule has 0 aromatic heterocycles. The Morgan fingerprint density at radius 2 is 1.80 bits per heavy atom. The van der Waals surface area contributed by atoms with E-state index in [4.69, 9.17) is 4.74 Å². The standard InChI is InChI=1S/C27H45N3O4S/c1-8-10-16-28-24(31)23(21-14-12-13-20(3)19-21)30(17-11-9-2)25(32)22(15-18-35-7)29-26(33)34-27(4,5)6/h12-14,19,22-23H,8-11,15-18H2,1-7H3,(H,28,31)(H,29,33).